The molecule has 28 heavy (non-hydrogen) atoms. The lowest BCUT2D eigenvalue weighted by Crippen LogP contribution is -2.11. The van der Waals surface area contributed by atoms with Crippen LogP contribution in [0.3, 0.4) is 0 Å². The molecular formula is C22H25FN4O. The molecule has 2 N–H and O–H groups in total. The molecule has 0 unspecified atom stereocenters. The Morgan fingerprint density at radius 2 is 1.79 bits per heavy atom. The fourth-order valence-electron chi connectivity index (χ4n) is 2.79. The number of hydrogen-bond acceptors (Lipinski definition) is 5. The second-order valence-electron chi connectivity index (χ2n) is 6.77. The van der Waals surface area contributed by atoms with Crippen LogP contribution in [0.1, 0.15) is 25.1 Å². The van der Waals surface area contributed by atoms with Gasteiger partial charge in [-0.3, -0.25) is 0 Å². The van der Waals surface area contributed by atoms with Crippen molar-refractivity contribution in [1.29, 1.82) is 0 Å². The number of anilines is 3. The Balaban J connectivity index is 1.69. The zero-order chi connectivity index (χ0) is 19.9. The molecule has 1 heterocycles. The molecule has 0 aliphatic carbocycles. The summed E-state index contributed by atoms with van der Waals surface area (Å²) < 4.78 is 19.6. The van der Waals surface area contributed by atoms with Crippen LogP contribution in [0.25, 0.3) is 0 Å². The third-order valence-corrected chi connectivity index (χ3v) is 4.00. The number of halogens is 1. The Bertz CT molecular complexity index is 930. The zero-order valence-corrected chi connectivity index (χ0v) is 16.4. The highest BCUT2D eigenvalue weighted by Crippen LogP contribution is 2.28. The Morgan fingerprint density at radius 1 is 1.04 bits per heavy atom. The maximum Gasteiger partial charge on any atom is 0.224 e. The Kier molecular flexibility index (Phi) is 6.42. The van der Waals surface area contributed by atoms with Crippen molar-refractivity contribution in [3.8, 4) is 5.75 Å². The number of aryl methyl sites for hydroxylation is 1. The van der Waals surface area contributed by atoms with Crippen LogP contribution < -0.4 is 15.4 Å². The van der Waals surface area contributed by atoms with Crippen molar-refractivity contribution in [2.75, 3.05) is 17.2 Å². The quantitative estimate of drug-likeness (QED) is 0.569. The number of hydrogen-bond donors (Lipinski definition) is 2. The van der Waals surface area contributed by atoms with Gasteiger partial charge in [-0.2, -0.15) is 4.98 Å². The van der Waals surface area contributed by atoms with Crippen molar-refractivity contribution in [3.63, 3.8) is 0 Å². The maximum absolute atomic E-state index is 13.7. The molecule has 0 spiro atoms. The molecule has 2 aromatic carbocycles. The highest BCUT2D eigenvalue weighted by molar-refractivity contribution is 5.64. The van der Waals surface area contributed by atoms with Gasteiger partial charge in [-0.05, 0) is 51.0 Å². The summed E-state index contributed by atoms with van der Waals surface area (Å²) in [6.07, 6.45) is 0.628. The fourth-order valence-corrected chi connectivity index (χ4v) is 2.79. The van der Waals surface area contributed by atoms with Gasteiger partial charge in [-0.25, -0.2) is 9.37 Å². The maximum atomic E-state index is 13.7. The summed E-state index contributed by atoms with van der Waals surface area (Å²) in [4.78, 5) is 8.93. The minimum Gasteiger partial charge on any atom is -0.489 e. The molecule has 5 nitrogen and oxygen atoms in total. The normalized spacial score (nSPS) is 10.8. The van der Waals surface area contributed by atoms with E-state index >= 15 is 0 Å². The third kappa shape index (κ3) is 5.42. The van der Waals surface area contributed by atoms with Gasteiger partial charge in [-0.15, -0.1) is 0 Å². The molecule has 146 valence electrons. The average molecular weight is 380 g/mol. The van der Waals surface area contributed by atoms with Gasteiger partial charge in [-0.1, -0.05) is 30.3 Å². The van der Waals surface area contributed by atoms with Gasteiger partial charge in [0.05, 0.1) is 11.8 Å². The second kappa shape index (κ2) is 9.17. The number of nitrogens with zero attached hydrogens (tertiary/aromatic N) is 2. The lowest BCUT2D eigenvalue weighted by atomic mass is 10.1. The number of ether oxygens (including phenoxy) is 1. The SMILES string of the molecule is Cc1cc(Nc2ccccc2OC(C)C)nc(NCCc2ccccc2F)n1. The van der Waals surface area contributed by atoms with E-state index < -0.39 is 0 Å². The van der Waals surface area contributed by atoms with Gasteiger partial charge in [0.25, 0.3) is 0 Å². The second-order valence-corrected chi connectivity index (χ2v) is 6.77. The van der Waals surface area contributed by atoms with Gasteiger partial charge in [0, 0.05) is 18.3 Å². The highest BCUT2D eigenvalue weighted by Gasteiger charge is 2.08. The zero-order valence-electron chi connectivity index (χ0n) is 16.4. The summed E-state index contributed by atoms with van der Waals surface area (Å²) in [7, 11) is 0. The molecule has 0 bridgehead atoms. The van der Waals surface area contributed by atoms with Crippen LogP contribution in [0.2, 0.25) is 0 Å². The first-order valence-corrected chi connectivity index (χ1v) is 9.37. The van der Waals surface area contributed by atoms with E-state index in [1.54, 1.807) is 12.1 Å². The van der Waals surface area contributed by atoms with Crippen LogP contribution in [0, 0.1) is 12.7 Å². The average Bonchev–Trinajstić information content (AvgIpc) is 2.64. The molecular weight excluding hydrogens is 355 g/mol. The Labute approximate surface area is 165 Å². The smallest absolute Gasteiger partial charge is 0.224 e. The molecule has 0 saturated heterocycles. The van der Waals surface area contributed by atoms with E-state index in [0.717, 1.165) is 17.1 Å². The number of rotatable bonds is 8. The van der Waals surface area contributed by atoms with E-state index in [-0.39, 0.29) is 11.9 Å². The van der Waals surface area contributed by atoms with Gasteiger partial charge >= 0.3 is 0 Å². The van der Waals surface area contributed by atoms with Crippen molar-refractivity contribution in [2.45, 2.75) is 33.3 Å². The van der Waals surface area contributed by atoms with Gasteiger partial charge in [0.15, 0.2) is 0 Å². The summed E-state index contributed by atoms with van der Waals surface area (Å²) in [6, 6.07) is 16.4. The first kappa shape index (κ1) is 19.6. The van der Waals surface area contributed by atoms with Crippen LogP contribution in [-0.4, -0.2) is 22.6 Å². The van der Waals surface area contributed by atoms with E-state index in [2.05, 4.69) is 20.6 Å². The summed E-state index contributed by atoms with van der Waals surface area (Å²) in [5.41, 5.74) is 2.33. The van der Waals surface area contributed by atoms with Gasteiger partial charge < -0.3 is 15.4 Å². The predicted octanol–water partition coefficient (Wildman–Crippen LogP) is 5.11. The fraction of sp³-hybridized carbons (Fsp3) is 0.273. The molecule has 6 heteroatoms. The van der Waals surface area contributed by atoms with Crippen LogP contribution in [0.4, 0.5) is 21.8 Å². The van der Waals surface area contributed by atoms with E-state index in [0.29, 0.717) is 30.3 Å². The summed E-state index contributed by atoms with van der Waals surface area (Å²) in [5.74, 6) is 1.74. The first-order valence-electron chi connectivity index (χ1n) is 9.37. The van der Waals surface area contributed by atoms with E-state index in [4.69, 9.17) is 4.74 Å². The molecule has 0 fully saturated rings. The topological polar surface area (TPSA) is 59.1 Å². The molecule has 0 amide bonds. The lowest BCUT2D eigenvalue weighted by molar-refractivity contribution is 0.244. The number of para-hydroxylation sites is 2. The van der Waals surface area contributed by atoms with Crippen molar-refractivity contribution in [3.05, 3.63) is 71.7 Å². The highest BCUT2D eigenvalue weighted by atomic mass is 19.1. The van der Waals surface area contributed by atoms with Crippen molar-refractivity contribution in [2.24, 2.45) is 0 Å². The van der Waals surface area contributed by atoms with Crippen LogP contribution in [-0.2, 0) is 6.42 Å². The Morgan fingerprint density at radius 3 is 2.57 bits per heavy atom. The van der Waals surface area contributed by atoms with Gasteiger partial charge in [0.1, 0.15) is 17.4 Å². The van der Waals surface area contributed by atoms with E-state index in [1.807, 2.05) is 57.2 Å². The van der Waals surface area contributed by atoms with Crippen molar-refractivity contribution < 1.29 is 9.13 Å². The van der Waals surface area contributed by atoms with Crippen LogP contribution in [0.5, 0.6) is 5.75 Å². The molecule has 0 aliphatic heterocycles. The largest absolute Gasteiger partial charge is 0.489 e. The monoisotopic (exact) mass is 380 g/mol. The van der Waals surface area contributed by atoms with Crippen LogP contribution in [0.15, 0.2) is 54.6 Å². The van der Waals surface area contributed by atoms with Crippen molar-refractivity contribution >= 4 is 17.5 Å². The summed E-state index contributed by atoms with van der Waals surface area (Å²) in [6.45, 7) is 6.43. The van der Waals surface area contributed by atoms with Gasteiger partial charge in [0.2, 0.25) is 5.95 Å². The lowest BCUT2D eigenvalue weighted by Gasteiger charge is -2.15. The predicted molar refractivity (Wildman–Crippen MR) is 111 cm³/mol. The standard InChI is InChI=1S/C22H25FN4O/c1-15(2)28-20-11-7-6-10-19(20)26-21-14-16(3)25-22(27-21)24-13-12-17-8-4-5-9-18(17)23/h4-11,14-15H,12-13H2,1-3H3,(H2,24,25,26,27). The van der Waals surface area contributed by atoms with Crippen LogP contribution >= 0.6 is 0 Å². The number of benzene rings is 2. The minimum atomic E-state index is -0.196. The molecule has 3 aromatic rings. The van der Waals surface area contributed by atoms with E-state index in [9.17, 15) is 4.39 Å². The number of nitrogens with one attached hydrogen (secondary N) is 2. The summed E-state index contributed by atoms with van der Waals surface area (Å²) >= 11 is 0. The molecule has 3 rings (SSSR count). The summed E-state index contributed by atoms with van der Waals surface area (Å²) in [5, 5.41) is 6.47. The van der Waals surface area contributed by atoms with Crippen molar-refractivity contribution in [1.82, 2.24) is 9.97 Å². The molecule has 0 atom stereocenters. The third-order valence-electron chi connectivity index (χ3n) is 4.00. The first-order chi connectivity index (χ1) is 13.5. The van der Waals surface area contributed by atoms with E-state index in [1.165, 1.54) is 6.07 Å². The molecule has 0 radical (unpaired) electrons. The molecule has 0 aliphatic rings. The molecule has 1 aromatic heterocycles. The number of aromatic nitrogens is 2. The molecule has 0 saturated carbocycles. The minimum absolute atomic E-state index is 0.0747. The Hall–Kier alpha value is -3.15.